The first-order valence-corrected chi connectivity index (χ1v) is 14.0. The Hall–Kier alpha value is -3.35. The Balaban J connectivity index is 1.41. The van der Waals surface area contributed by atoms with Crippen LogP contribution in [0.15, 0.2) is 34.7 Å². The third-order valence-electron chi connectivity index (χ3n) is 8.31. The standard InChI is InChI=1S/C31H38BN3O5/c1-19-23(10-9-11-24(19)32-39-30(5,6)31(7,8)40-32)27-34-25-17-22(16-21(18-33)26(25)37-27)35-14-12-20(13-15-35)28(36)38-29(2,3)4/h9-11,16-17,20H,12-15H2,1-8H3. The second-order valence-corrected chi connectivity index (χ2v) is 12.9. The third-order valence-corrected chi connectivity index (χ3v) is 8.31. The summed E-state index contributed by atoms with van der Waals surface area (Å²) in [6.45, 7) is 17.2. The zero-order valence-electron chi connectivity index (χ0n) is 24.8. The molecule has 2 aliphatic rings. The van der Waals surface area contributed by atoms with Crippen molar-refractivity contribution in [3.05, 3.63) is 41.5 Å². The number of esters is 1. The van der Waals surface area contributed by atoms with Gasteiger partial charge >= 0.3 is 13.1 Å². The third kappa shape index (κ3) is 5.23. The van der Waals surface area contributed by atoms with Gasteiger partial charge in [0.15, 0.2) is 5.58 Å². The summed E-state index contributed by atoms with van der Waals surface area (Å²) in [6.07, 6.45) is 1.40. The monoisotopic (exact) mass is 543 g/mol. The molecule has 0 N–H and O–H groups in total. The van der Waals surface area contributed by atoms with Crippen molar-refractivity contribution < 1.29 is 23.3 Å². The number of hydrogen-bond donors (Lipinski definition) is 0. The fourth-order valence-electron chi connectivity index (χ4n) is 5.27. The van der Waals surface area contributed by atoms with Crippen LogP contribution in [-0.2, 0) is 18.8 Å². The topological polar surface area (TPSA) is 97.8 Å². The lowest BCUT2D eigenvalue weighted by Crippen LogP contribution is -2.41. The number of hydrogen-bond acceptors (Lipinski definition) is 8. The second kappa shape index (κ2) is 9.93. The molecular formula is C31H38BN3O5. The second-order valence-electron chi connectivity index (χ2n) is 12.9. The molecule has 40 heavy (non-hydrogen) atoms. The summed E-state index contributed by atoms with van der Waals surface area (Å²) in [5.74, 6) is 0.190. The number of aromatic nitrogens is 1. The molecule has 2 fully saturated rings. The van der Waals surface area contributed by atoms with E-state index in [2.05, 4.69) is 11.0 Å². The number of fused-ring (bicyclic) bond motifs is 1. The predicted octanol–water partition coefficient (Wildman–Crippen LogP) is 5.53. The van der Waals surface area contributed by atoms with E-state index in [1.807, 2.05) is 85.7 Å². The minimum Gasteiger partial charge on any atom is -0.460 e. The Labute approximate surface area is 236 Å². The average Bonchev–Trinajstić information content (AvgIpc) is 3.39. The number of nitrogens with zero attached hydrogens (tertiary/aromatic N) is 3. The van der Waals surface area contributed by atoms with E-state index in [1.165, 1.54) is 0 Å². The van der Waals surface area contributed by atoms with Gasteiger partial charge in [0.2, 0.25) is 5.89 Å². The lowest BCUT2D eigenvalue weighted by Gasteiger charge is -2.33. The Bertz CT molecular complexity index is 1470. The summed E-state index contributed by atoms with van der Waals surface area (Å²) in [4.78, 5) is 19.6. The van der Waals surface area contributed by atoms with Crippen LogP contribution < -0.4 is 10.4 Å². The molecule has 2 aliphatic heterocycles. The fourth-order valence-corrected chi connectivity index (χ4v) is 5.27. The molecule has 0 saturated carbocycles. The lowest BCUT2D eigenvalue weighted by molar-refractivity contribution is -0.160. The first kappa shape index (κ1) is 28.2. The highest BCUT2D eigenvalue weighted by Gasteiger charge is 2.52. The molecule has 2 aromatic carbocycles. The number of anilines is 1. The summed E-state index contributed by atoms with van der Waals surface area (Å²) in [5, 5.41) is 9.95. The van der Waals surface area contributed by atoms with Crippen LogP contribution >= 0.6 is 0 Å². The molecule has 0 atom stereocenters. The number of oxazole rings is 1. The van der Waals surface area contributed by atoms with Crippen molar-refractivity contribution in [2.24, 2.45) is 5.92 Å². The van der Waals surface area contributed by atoms with Crippen molar-refractivity contribution in [1.82, 2.24) is 4.98 Å². The molecule has 0 amide bonds. The number of benzene rings is 2. The zero-order chi connectivity index (χ0) is 29.0. The van der Waals surface area contributed by atoms with Gasteiger partial charge in [0, 0.05) is 24.3 Å². The SMILES string of the molecule is Cc1c(B2OC(C)(C)C(C)(C)O2)cccc1-c1nc2cc(N3CCC(C(=O)OC(C)(C)C)CC3)cc(C#N)c2o1. The molecule has 8 nitrogen and oxygen atoms in total. The number of rotatable bonds is 4. The van der Waals surface area contributed by atoms with E-state index in [4.69, 9.17) is 23.4 Å². The maximum atomic E-state index is 12.5. The summed E-state index contributed by atoms with van der Waals surface area (Å²) in [5.41, 5.74) is 3.73. The largest absolute Gasteiger partial charge is 0.495 e. The fraction of sp³-hybridized carbons (Fsp3) is 0.516. The van der Waals surface area contributed by atoms with E-state index in [0.717, 1.165) is 22.3 Å². The minimum atomic E-state index is -0.501. The molecule has 0 bridgehead atoms. The van der Waals surface area contributed by atoms with Crippen molar-refractivity contribution in [1.29, 1.82) is 5.26 Å². The van der Waals surface area contributed by atoms with Gasteiger partial charge in [0.25, 0.3) is 0 Å². The van der Waals surface area contributed by atoms with Crippen LogP contribution in [0.4, 0.5) is 5.69 Å². The number of nitriles is 1. The normalized spacial score (nSPS) is 19.2. The van der Waals surface area contributed by atoms with Gasteiger partial charge in [-0.05, 0) is 97.5 Å². The Morgan fingerprint density at radius 1 is 1.12 bits per heavy atom. The Kier molecular flexibility index (Phi) is 7.00. The molecule has 3 heterocycles. The lowest BCUT2D eigenvalue weighted by atomic mass is 9.75. The van der Waals surface area contributed by atoms with Gasteiger partial charge in [0.05, 0.1) is 22.7 Å². The first-order valence-electron chi connectivity index (χ1n) is 14.0. The van der Waals surface area contributed by atoms with Crippen LogP contribution in [0.25, 0.3) is 22.6 Å². The summed E-state index contributed by atoms with van der Waals surface area (Å²) in [7, 11) is -0.501. The van der Waals surface area contributed by atoms with Crippen LogP contribution in [0.2, 0.25) is 0 Å². The van der Waals surface area contributed by atoms with Crippen molar-refractivity contribution in [3.8, 4) is 17.5 Å². The molecule has 5 rings (SSSR count). The number of piperidine rings is 1. The molecule has 2 saturated heterocycles. The Morgan fingerprint density at radius 3 is 2.38 bits per heavy atom. The number of ether oxygens (including phenoxy) is 1. The van der Waals surface area contributed by atoms with Crippen LogP contribution in [0, 0.1) is 24.2 Å². The number of carbonyl (C=O) groups excluding carboxylic acids is 1. The van der Waals surface area contributed by atoms with Crippen LogP contribution in [-0.4, -0.2) is 48.0 Å². The molecular weight excluding hydrogens is 505 g/mol. The zero-order valence-corrected chi connectivity index (χ0v) is 24.8. The molecule has 3 aromatic rings. The molecule has 0 spiro atoms. The van der Waals surface area contributed by atoms with Gasteiger partial charge in [-0.2, -0.15) is 5.26 Å². The van der Waals surface area contributed by atoms with Gasteiger partial charge in [-0.25, -0.2) is 4.98 Å². The average molecular weight is 543 g/mol. The van der Waals surface area contributed by atoms with Gasteiger partial charge in [-0.3, -0.25) is 4.79 Å². The predicted molar refractivity (Wildman–Crippen MR) is 155 cm³/mol. The van der Waals surface area contributed by atoms with Gasteiger partial charge in [-0.1, -0.05) is 12.1 Å². The maximum Gasteiger partial charge on any atom is 0.495 e. The van der Waals surface area contributed by atoms with E-state index in [0.29, 0.717) is 48.5 Å². The van der Waals surface area contributed by atoms with E-state index < -0.39 is 23.9 Å². The summed E-state index contributed by atoms with van der Waals surface area (Å²) < 4.78 is 24.4. The molecule has 0 unspecified atom stereocenters. The van der Waals surface area contributed by atoms with Gasteiger partial charge in [0.1, 0.15) is 17.2 Å². The quantitative estimate of drug-likeness (QED) is 0.313. The van der Waals surface area contributed by atoms with Crippen molar-refractivity contribution in [3.63, 3.8) is 0 Å². The molecule has 0 aliphatic carbocycles. The molecule has 210 valence electrons. The van der Waals surface area contributed by atoms with Gasteiger partial charge < -0.3 is 23.4 Å². The first-order chi connectivity index (χ1) is 18.7. The summed E-state index contributed by atoms with van der Waals surface area (Å²) >= 11 is 0. The molecule has 1 aromatic heterocycles. The van der Waals surface area contributed by atoms with Crippen molar-refractivity contribution in [2.45, 2.75) is 85.0 Å². The van der Waals surface area contributed by atoms with Crippen LogP contribution in [0.3, 0.4) is 0 Å². The van der Waals surface area contributed by atoms with Crippen molar-refractivity contribution >= 4 is 35.3 Å². The summed E-state index contributed by atoms with van der Waals surface area (Å²) in [6, 6.07) is 12.0. The molecule has 9 heteroatoms. The minimum absolute atomic E-state index is 0.118. The highest BCUT2D eigenvalue weighted by atomic mass is 16.7. The maximum absolute atomic E-state index is 12.5. The smallest absolute Gasteiger partial charge is 0.460 e. The highest BCUT2D eigenvalue weighted by Crippen LogP contribution is 2.38. The number of carbonyl (C=O) groups is 1. The van der Waals surface area contributed by atoms with Gasteiger partial charge in [-0.15, -0.1) is 0 Å². The van der Waals surface area contributed by atoms with E-state index in [9.17, 15) is 10.1 Å². The molecule has 0 radical (unpaired) electrons. The van der Waals surface area contributed by atoms with Crippen LogP contribution in [0.5, 0.6) is 0 Å². The van der Waals surface area contributed by atoms with E-state index in [-0.39, 0.29) is 11.9 Å². The van der Waals surface area contributed by atoms with E-state index >= 15 is 0 Å². The van der Waals surface area contributed by atoms with Crippen LogP contribution in [0.1, 0.15) is 72.4 Å². The van der Waals surface area contributed by atoms with Crippen molar-refractivity contribution in [2.75, 3.05) is 18.0 Å². The van der Waals surface area contributed by atoms with E-state index in [1.54, 1.807) is 0 Å². The Morgan fingerprint density at radius 2 is 1.77 bits per heavy atom. The highest BCUT2D eigenvalue weighted by molar-refractivity contribution is 6.62.